The minimum Gasteiger partial charge on any atom is -0.314 e. The Labute approximate surface area is 73.0 Å². The summed E-state index contributed by atoms with van der Waals surface area (Å²) in [6, 6.07) is 0. The van der Waals surface area contributed by atoms with Gasteiger partial charge in [-0.3, -0.25) is 4.90 Å². The van der Waals surface area contributed by atoms with E-state index in [0.29, 0.717) is 0 Å². The van der Waals surface area contributed by atoms with Gasteiger partial charge in [-0.15, -0.1) is 18.3 Å². The van der Waals surface area contributed by atoms with E-state index in [1.165, 1.54) is 13.1 Å². The van der Waals surface area contributed by atoms with E-state index in [4.69, 9.17) is 0 Å². The van der Waals surface area contributed by atoms with Crippen molar-refractivity contribution < 1.29 is 0 Å². The average Bonchev–Trinajstić information content (AvgIpc) is 2.07. The predicted molar refractivity (Wildman–Crippen MR) is 52.0 cm³/mol. The first-order valence-corrected chi connectivity index (χ1v) is 5.20. The number of nitrogens with one attached hydrogen (secondary N) is 1. The summed E-state index contributed by atoms with van der Waals surface area (Å²) < 4.78 is 0. The van der Waals surface area contributed by atoms with Crippen molar-refractivity contribution in [3.63, 3.8) is 0 Å². The molecule has 0 atom stereocenters. The zero-order valence-electron chi connectivity index (χ0n) is 6.88. The van der Waals surface area contributed by atoms with E-state index in [0.717, 1.165) is 24.7 Å². The molecule has 11 heavy (non-hydrogen) atoms. The maximum atomic E-state index is 3.69. The molecular weight excluding hydrogens is 156 g/mol. The van der Waals surface area contributed by atoms with Crippen molar-refractivity contribution in [2.75, 3.05) is 37.8 Å². The normalized spacial score (nSPS) is 20.0. The van der Waals surface area contributed by atoms with E-state index in [9.17, 15) is 0 Å². The van der Waals surface area contributed by atoms with E-state index in [-0.39, 0.29) is 0 Å². The third kappa shape index (κ3) is 3.79. The number of hydrogen-bond donors (Lipinski definition) is 1. The maximum Gasteiger partial charge on any atom is 0.0448 e. The summed E-state index contributed by atoms with van der Waals surface area (Å²) in [6.07, 6.45) is 1.97. The zero-order valence-corrected chi connectivity index (χ0v) is 7.70. The van der Waals surface area contributed by atoms with Gasteiger partial charge in [-0.2, -0.15) is 0 Å². The van der Waals surface area contributed by atoms with Crippen molar-refractivity contribution >= 4 is 11.8 Å². The highest BCUT2D eigenvalue weighted by atomic mass is 32.2. The topological polar surface area (TPSA) is 15.3 Å². The Kier molecular flexibility index (Phi) is 4.66. The van der Waals surface area contributed by atoms with E-state index in [1.807, 2.05) is 17.8 Å². The highest BCUT2D eigenvalue weighted by Gasteiger charge is 2.07. The molecule has 0 spiro atoms. The van der Waals surface area contributed by atoms with Gasteiger partial charge in [0.05, 0.1) is 0 Å². The smallest absolute Gasteiger partial charge is 0.0448 e. The molecule has 1 aliphatic heterocycles. The number of hydrogen-bond acceptors (Lipinski definition) is 3. The van der Waals surface area contributed by atoms with Gasteiger partial charge in [0.25, 0.3) is 0 Å². The first-order chi connectivity index (χ1) is 5.43. The van der Waals surface area contributed by atoms with Crippen LogP contribution in [0.15, 0.2) is 12.7 Å². The van der Waals surface area contributed by atoms with E-state index in [1.54, 1.807) is 0 Å². The van der Waals surface area contributed by atoms with Gasteiger partial charge in [0.1, 0.15) is 0 Å². The number of piperazine rings is 1. The second kappa shape index (κ2) is 5.63. The lowest BCUT2D eigenvalue weighted by Crippen LogP contribution is -2.43. The third-order valence-corrected chi connectivity index (χ3v) is 2.74. The summed E-state index contributed by atoms with van der Waals surface area (Å²) in [7, 11) is 0. The highest BCUT2D eigenvalue weighted by molar-refractivity contribution is 7.99. The standard InChI is InChI=1S/C8H16N2S/c1-2-7-11-8-10-5-3-9-4-6-10/h2,9H,1,3-8H2. The van der Waals surface area contributed by atoms with Crippen molar-refractivity contribution in [1.29, 1.82) is 0 Å². The fraction of sp³-hybridized carbons (Fsp3) is 0.750. The molecule has 0 aromatic heterocycles. The minimum atomic E-state index is 1.07. The van der Waals surface area contributed by atoms with Gasteiger partial charge >= 0.3 is 0 Å². The van der Waals surface area contributed by atoms with Crippen molar-refractivity contribution in [2.45, 2.75) is 0 Å². The first-order valence-electron chi connectivity index (χ1n) is 4.05. The molecule has 0 aliphatic carbocycles. The lowest BCUT2D eigenvalue weighted by atomic mass is 10.4. The van der Waals surface area contributed by atoms with E-state index in [2.05, 4.69) is 16.8 Å². The summed E-state index contributed by atoms with van der Waals surface area (Å²) >= 11 is 1.94. The molecule has 0 aromatic carbocycles. The highest BCUT2D eigenvalue weighted by Crippen LogP contribution is 2.04. The Morgan fingerprint density at radius 2 is 2.18 bits per heavy atom. The maximum absolute atomic E-state index is 3.69. The summed E-state index contributed by atoms with van der Waals surface area (Å²) in [6.45, 7) is 8.38. The molecule has 1 saturated heterocycles. The Hall–Kier alpha value is 0.01000. The second-order valence-corrected chi connectivity index (χ2v) is 3.66. The van der Waals surface area contributed by atoms with Crippen LogP contribution >= 0.6 is 11.8 Å². The molecule has 0 bridgehead atoms. The first kappa shape index (κ1) is 9.10. The van der Waals surface area contributed by atoms with Crippen LogP contribution in [0.5, 0.6) is 0 Å². The molecule has 1 N–H and O–H groups in total. The van der Waals surface area contributed by atoms with Crippen LogP contribution in [0.4, 0.5) is 0 Å². The Morgan fingerprint density at radius 1 is 1.45 bits per heavy atom. The van der Waals surface area contributed by atoms with Gasteiger partial charge in [-0.05, 0) is 0 Å². The molecule has 0 amide bonds. The second-order valence-electron chi connectivity index (χ2n) is 2.66. The molecule has 2 nitrogen and oxygen atoms in total. The molecule has 1 fully saturated rings. The quantitative estimate of drug-likeness (QED) is 0.498. The molecule has 3 heteroatoms. The monoisotopic (exact) mass is 172 g/mol. The van der Waals surface area contributed by atoms with Crippen LogP contribution in [0.25, 0.3) is 0 Å². The van der Waals surface area contributed by atoms with Crippen LogP contribution in [-0.4, -0.2) is 42.7 Å². The molecular formula is C8H16N2S. The van der Waals surface area contributed by atoms with Gasteiger partial charge in [0.15, 0.2) is 0 Å². The van der Waals surface area contributed by atoms with Crippen molar-refractivity contribution in [1.82, 2.24) is 10.2 Å². The molecule has 64 valence electrons. The largest absolute Gasteiger partial charge is 0.314 e. The van der Waals surface area contributed by atoms with Crippen LogP contribution < -0.4 is 5.32 Å². The Bertz CT molecular complexity index is 111. The van der Waals surface area contributed by atoms with Crippen LogP contribution in [0.2, 0.25) is 0 Å². The third-order valence-electron chi connectivity index (χ3n) is 1.72. The van der Waals surface area contributed by atoms with Gasteiger partial charge in [-0.25, -0.2) is 0 Å². The molecule has 1 rings (SSSR count). The lowest BCUT2D eigenvalue weighted by molar-refractivity contribution is 0.280. The van der Waals surface area contributed by atoms with Crippen LogP contribution in [-0.2, 0) is 0 Å². The summed E-state index contributed by atoms with van der Waals surface area (Å²) in [4.78, 5) is 2.48. The Balaban J connectivity index is 2.00. The molecule has 0 radical (unpaired) electrons. The van der Waals surface area contributed by atoms with Gasteiger partial charge in [-0.1, -0.05) is 6.08 Å². The SMILES string of the molecule is C=CCSCN1CCNCC1. The van der Waals surface area contributed by atoms with E-state index >= 15 is 0 Å². The predicted octanol–water partition coefficient (Wildman–Crippen LogP) is 0.768. The molecule has 1 heterocycles. The van der Waals surface area contributed by atoms with Gasteiger partial charge < -0.3 is 5.32 Å². The zero-order chi connectivity index (χ0) is 7.94. The summed E-state index contributed by atoms with van der Waals surface area (Å²) in [5.41, 5.74) is 0. The van der Waals surface area contributed by atoms with Gasteiger partial charge in [0, 0.05) is 37.8 Å². The van der Waals surface area contributed by atoms with Crippen LogP contribution in [0, 0.1) is 0 Å². The molecule has 0 saturated carbocycles. The fourth-order valence-corrected chi connectivity index (χ4v) is 1.89. The van der Waals surface area contributed by atoms with Crippen LogP contribution in [0.1, 0.15) is 0 Å². The molecule has 0 aromatic rings. The van der Waals surface area contributed by atoms with Gasteiger partial charge in [0.2, 0.25) is 0 Å². The van der Waals surface area contributed by atoms with Crippen molar-refractivity contribution in [3.8, 4) is 0 Å². The number of rotatable bonds is 4. The lowest BCUT2D eigenvalue weighted by Gasteiger charge is -2.26. The molecule has 1 aliphatic rings. The van der Waals surface area contributed by atoms with Crippen molar-refractivity contribution in [3.05, 3.63) is 12.7 Å². The summed E-state index contributed by atoms with van der Waals surface area (Å²) in [5.74, 6) is 2.23. The average molecular weight is 172 g/mol. The van der Waals surface area contributed by atoms with Crippen LogP contribution in [0.3, 0.4) is 0 Å². The van der Waals surface area contributed by atoms with E-state index < -0.39 is 0 Å². The minimum absolute atomic E-state index is 1.07. The number of nitrogens with zero attached hydrogens (tertiary/aromatic N) is 1. The molecule has 0 unspecified atom stereocenters. The van der Waals surface area contributed by atoms with Crippen molar-refractivity contribution in [2.24, 2.45) is 0 Å². The summed E-state index contributed by atoms with van der Waals surface area (Å²) in [5, 5.41) is 3.33. The Morgan fingerprint density at radius 3 is 2.82 bits per heavy atom. The number of thioether (sulfide) groups is 1. The fourth-order valence-electron chi connectivity index (χ4n) is 1.11.